The molecule has 0 radical (unpaired) electrons. The predicted molar refractivity (Wildman–Crippen MR) is 103 cm³/mol. The smallest absolute Gasteiger partial charge is 0.271 e. The van der Waals surface area contributed by atoms with Crippen molar-refractivity contribution < 1.29 is 14.1 Å². The van der Waals surface area contributed by atoms with Gasteiger partial charge in [0.1, 0.15) is 23.8 Å². The largest absolute Gasteiger partial charge is 0.471 e. The third-order valence-corrected chi connectivity index (χ3v) is 4.21. The summed E-state index contributed by atoms with van der Waals surface area (Å²) in [7, 11) is 0. The zero-order valence-corrected chi connectivity index (χ0v) is 16.2. The molecule has 0 aromatic carbocycles. The molecule has 3 aromatic heterocycles. The van der Waals surface area contributed by atoms with Crippen LogP contribution in [0.4, 0.5) is 0 Å². The number of unbranched alkanes of at least 4 members (excludes halogenated alkanes) is 1. The van der Waals surface area contributed by atoms with Gasteiger partial charge in [0.15, 0.2) is 0 Å². The molecule has 0 saturated heterocycles. The van der Waals surface area contributed by atoms with Gasteiger partial charge in [-0.2, -0.15) is 0 Å². The Morgan fingerprint density at radius 2 is 2.00 bits per heavy atom. The number of hydrogen-bond donors (Lipinski definition) is 1. The first-order valence-electron chi connectivity index (χ1n) is 9.19. The fourth-order valence-electron chi connectivity index (χ4n) is 2.52. The second-order valence-electron chi connectivity index (χ2n) is 6.39. The number of hydrogen-bond acceptors (Lipinski definition) is 7. The van der Waals surface area contributed by atoms with Crippen LogP contribution in [-0.4, -0.2) is 32.6 Å². The second-order valence-corrected chi connectivity index (χ2v) is 6.39. The summed E-state index contributed by atoms with van der Waals surface area (Å²) in [6.07, 6.45) is 6.54. The molecule has 0 aliphatic rings. The van der Waals surface area contributed by atoms with Gasteiger partial charge in [0, 0.05) is 24.0 Å². The summed E-state index contributed by atoms with van der Waals surface area (Å²) < 4.78 is 11.0. The fourth-order valence-corrected chi connectivity index (χ4v) is 2.52. The number of carbonyl (C=O) groups excluding carboxylic acids is 1. The molecule has 0 saturated carbocycles. The molecule has 8 heteroatoms. The van der Waals surface area contributed by atoms with Gasteiger partial charge in [-0.3, -0.25) is 9.78 Å². The second kappa shape index (κ2) is 9.07. The highest BCUT2D eigenvalue weighted by Crippen LogP contribution is 2.25. The normalized spacial score (nSPS) is 10.7. The van der Waals surface area contributed by atoms with E-state index in [1.54, 1.807) is 6.20 Å². The van der Waals surface area contributed by atoms with Gasteiger partial charge in [-0.05, 0) is 32.4 Å². The number of ether oxygens (including phenoxy) is 1. The molecule has 3 aromatic rings. The molecule has 0 spiro atoms. The highest BCUT2D eigenvalue weighted by molar-refractivity contribution is 5.91. The number of nitrogens with zero attached hydrogens (tertiary/aromatic N) is 4. The Kier molecular flexibility index (Phi) is 6.31. The minimum atomic E-state index is -0.239. The SMILES string of the molecule is CCCCNC(=O)c1cnc(OCc2c(-c3ccc(C)nc3)noc2C)cn1. The lowest BCUT2D eigenvalue weighted by molar-refractivity contribution is 0.0947. The van der Waals surface area contributed by atoms with Crippen LogP contribution in [0.1, 0.15) is 47.3 Å². The predicted octanol–water partition coefficient (Wildman–Crippen LogP) is 3.25. The van der Waals surface area contributed by atoms with Crippen LogP contribution in [0.3, 0.4) is 0 Å². The Balaban J connectivity index is 1.65. The van der Waals surface area contributed by atoms with E-state index in [0.717, 1.165) is 29.7 Å². The quantitative estimate of drug-likeness (QED) is 0.597. The first-order valence-corrected chi connectivity index (χ1v) is 9.19. The van der Waals surface area contributed by atoms with Crippen molar-refractivity contribution in [3.63, 3.8) is 0 Å². The zero-order valence-electron chi connectivity index (χ0n) is 16.2. The molecule has 0 bridgehead atoms. The molecule has 0 unspecified atom stereocenters. The van der Waals surface area contributed by atoms with Crippen molar-refractivity contribution in [3.8, 4) is 17.1 Å². The van der Waals surface area contributed by atoms with Crippen molar-refractivity contribution >= 4 is 5.91 Å². The van der Waals surface area contributed by atoms with Crippen molar-refractivity contribution in [1.82, 2.24) is 25.4 Å². The Morgan fingerprint density at radius 1 is 1.14 bits per heavy atom. The number of carbonyl (C=O) groups is 1. The third-order valence-electron chi connectivity index (χ3n) is 4.21. The number of rotatable bonds is 8. The Bertz CT molecular complexity index is 920. The van der Waals surface area contributed by atoms with Crippen LogP contribution in [0, 0.1) is 13.8 Å². The molecule has 3 heterocycles. The van der Waals surface area contributed by atoms with E-state index in [4.69, 9.17) is 9.26 Å². The van der Waals surface area contributed by atoms with Crippen molar-refractivity contribution in [2.24, 2.45) is 0 Å². The van der Waals surface area contributed by atoms with Crippen LogP contribution in [0.15, 0.2) is 35.2 Å². The lowest BCUT2D eigenvalue weighted by Crippen LogP contribution is -2.25. The molecule has 0 aliphatic carbocycles. The highest BCUT2D eigenvalue weighted by Gasteiger charge is 2.16. The van der Waals surface area contributed by atoms with Crippen molar-refractivity contribution in [1.29, 1.82) is 0 Å². The Labute approximate surface area is 163 Å². The third kappa shape index (κ3) is 4.70. The van der Waals surface area contributed by atoms with Crippen LogP contribution >= 0.6 is 0 Å². The molecular weight excluding hydrogens is 358 g/mol. The first kappa shape index (κ1) is 19.5. The minimum Gasteiger partial charge on any atom is -0.471 e. The van der Waals surface area contributed by atoms with Crippen LogP contribution in [0.25, 0.3) is 11.3 Å². The Morgan fingerprint density at radius 3 is 2.68 bits per heavy atom. The van der Waals surface area contributed by atoms with Gasteiger partial charge in [0.05, 0.1) is 18.0 Å². The van der Waals surface area contributed by atoms with Gasteiger partial charge in [-0.25, -0.2) is 9.97 Å². The van der Waals surface area contributed by atoms with Crippen molar-refractivity contribution in [3.05, 3.63) is 53.4 Å². The maximum Gasteiger partial charge on any atom is 0.271 e. The van der Waals surface area contributed by atoms with E-state index in [2.05, 4.69) is 32.3 Å². The molecule has 0 aliphatic heterocycles. The monoisotopic (exact) mass is 381 g/mol. The standard InChI is InChI=1S/C20H23N5O3/c1-4-5-8-21-20(26)17-10-24-18(11-23-17)27-12-16-14(3)28-25-19(16)15-7-6-13(2)22-9-15/h6-7,9-11H,4-5,8,12H2,1-3H3,(H,21,26). The van der Waals surface area contributed by atoms with Crippen LogP contribution in [0.5, 0.6) is 5.88 Å². The number of aryl methyl sites for hydroxylation is 2. The average molecular weight is 381 g/mol. The molecule has 146 valence electrons. The first-order chi connectivity index (χ1) is 13.6. The molecule has 3 rings (SSSR count). The van der Waals surface area contributed by atoms with Gasteiger partial charge in [0.25, 0.3) is 5.91 Å². The number of pyridine rings is 1. The summed E-state index contributed by atoms with van der Waals surface area (Å²) in [5.41, 5.74) is 3.54. The molecule has 1 N–H and O–H groups in total. The summed E-state index contributed by atoms with van der Waals surface area (Å²) in [5.74, 6) is 0.741. The van der Waals surface area contributed by atoms with Gasteiger partial charge < -0.3 is 14.6 Å². The van der Waals surface area contributed by atoms with Crippen molar-refractivity contribution in [2.45, 2.75) is 40.2 Å². The summed E-state index contributed by atoms with van der Waals surface area (Å²) in [6.45, 7) is 6.66. The number of nitrogens with one attached hydrogen (secondary N) is 1. The number of aromatic nitrogens is 4. The molecule has 0 atom stereocenters. The average Bonchev–Trinajstić information content (AvgIpc) is 3.08. The molecule has 0 fully saturated rings. The van der Waals surface area contributed by atoms with Crippen LogP contribution < -0.4 is 10.1 Å². The summed E-state index contributed by atoms with van der Waals surface area (Å²) >= 11 is 0. The summed E-state index contributed by atoms with van der Waals surface area (Å²) in [5, 5.41) is 6.92. The molecular formula is C20H23N5O3. The van der Waals surface area contributed by atoms with E-state index in [1.807, 2.05) is 26.0 Å². The van der Waals surface area contributed by atoms with Gasteiger partial charge >= 0.3 is 0 Å². The van der Waals surface area contributed by atoms with Gasteiger partial charge in [-0.1, -0.05) is 18.5 Å². The maximum absolute atomic E-state index is 12.0. The number of amides is 1. The van der Waals surface area contributed by atoms with Crippen LogP contribution in [-0.2, 0) is 6.61 Å². The van der Waals surface area contributed by atoms with Crippen molar-refractivity contribution in [2.75, 3.05) is 6.54 Å². The summed E-state index contributed by atoms with van der Waals surface area (Å²) in [4.78, 5) is 24.5. The van der Waals surface area contributed by atoms with E-state index < -0.39 is 0 Å². The fraction of sp³-hybridized carbons (Fsp3) is 0.350. The van der Waals surface area contributed by atoms with E-state index in [-0.39, 0.29) is 18.2 Å². The van der Waals surface area contributed by atoms with E-state index in [0.29, 0.717) is 23.9 Å². The van der Waals surface area contributed by atoms with Gasteiger partial charge in [-0.15, -0.1) is 0 Å². The molecule has 1 amide bonds. The molecule has 8 nitrogen and oxygen atoms in total. The van der Waals surface area contributed by atoms with E-state index in [1.165, 1.54) is 12.4 Å². The highest BCUT2D eigenvalue weighted by atomic mass is 16.5. The molecule has 28 heavy (non-hydrogen) atoms. The van der Waals surface area contributed by atoms with E-state index >= 15 is 0 Å². The summed E-state index contributed by atoms with van der Waals surface area (Å²) in [6, 6.07) is 3.86. The minimum absolute atomic E-state index is 0.218. The lowest BCUT2D eigenvalue weighted by atomic mass is 10.1. The van der Waals surface area contributed by atoms with Crippen LogP contribution in [0.2, 0.25) is 0 Å². The topological polar surface area (TPSA) is 103 Å². The zero-order chi connectivity index (χ0) is 19.9. The van der Waals surface area contributed by atoms with Gasteiger partial charge in [0.2, 0.25) is 5.88 Å². The Hall–Kier alpha value is -3.29. The maximum atomic E-state index is 12.0. The lowest BCUT2D eigenvalue weighted by Gasteiger charge is -2.07. The van der Waals surface area contributed by atoms with E-state index in [9.17, 15) is 4.79 Å².